The second-order valence-electron chi connectivity index (χ2n) is 4.21. The topological polar surface area (TPSA) is 131 Å². The lowest BCUT2D eigenvalue weighted by atomic mass is 10.1. The SMILES string of the molecule is Cc1nc(CNCc2cccc([N+](=O)[O-])c2C(=O)O)no1. The van der Waals surface area contributed by atoms with Crippen molar-refractivity contribution in [2.45, 2.75) is 20.0 Å². The highest BCUT2D eigenvalue weighted by Gasteiger charge is 2.23. The molecule has 0 unspecified atom stereocenters. The van der Waals surface area contributed by atoms with Crippen LogP contribution in [0.4, 0.5) is 5.69 Å². The van der Waals surface area contributed by atoms with E-state index in [4.69, 9.17) is 9.63 Å². The van der Waals surface area contributed by atoms with Gasteiger partial charge in [0.15, 0.2) is 5.82 Å². The number of carboxylic acids is 1. The number of rotatable bonds is 6. The molecule has 1 aromatic heterocycles. The minimum absolute atomic E-state index is 0.136. The number of aromatic nitrogens is 2. The van der Waals surface area contributed by atoms with E-state index in [1.165, 1.54) is 12.1 Å². The number of nitro groups is 1. The number of aryl methyl sites for hydroxylation is 1. The summed E-state index contributed by atoms with van der Waals surface area (Å²) in [6.07, 6.45) is 0. The number of aromatic carboxylic acids is 1. The van der Waals surface area contributed by atoms with E-state index in [-0.39, 0.29) is 18.7 Å². The van der Waals surface area contributed by atoms with Crippen LogP contribution in [0.3, 0.4) is 0 Å². The fourth-order valence-electron chi connectivity index (χ4n) is 1.86. The fourth-order valence-corrected chi connectivity index (χ4v) is 1.86. The molecule has 0 atom stereocenters. The summed E-state index contributed by atoms with van der Waals surface area (Å²) in [6, 6.07) is 4.13. The molecule has 2 rings (SSSR count). The summed E-state index contributed by atoms with van der Waals surface area (Å²) in [7, 11) is 0. The molecule has 21 heavy (non-hydrogen) atoms. The van der Waals surface area contributed by atoms with Crippen LogP contribution in [0.25, 0.3) is 0 Å². The Morgan fingerprint density at radius 2 is 2.24 bits per heavy atom. The molecule has 0 radical (unpaired) electrons. The number of nitro benzene ring substituents is 1. The molecule has 0 saturated carbocycles. The molecule has 0 aliphatic heterocycles. The molecule has 2 aromatic rings. The van der Waals surface area contributed by atoms with E-state index >= 15 is 0 Å². The van der Waals surface area contributed by atoms with Crippen molar-refractivity contribution in [2.24, 2.45) is 0 Å². The van der Waals surface area contributed by atoms with Gasteiger partial charge in [0.1, 0.15) is 5.56 Å². The van der Waals surface area contributed by atoms with Crippen molar-refractivity contribution in [1.29, 1.82) is 0 Å². The van der Waals surface area contributed by atoms with Crippen LogP contribution in [0.15, 0.2) is 22.7 Å². The third-order valence-electron chi connectivity index (χ3n) is 2.71. The molecule has 0 amide bonds. The minimum Gasteiger partial charge on any atom is -0.477 e. The van der Waals surface area contributed by atoms with E-state index in [1.54, 1.807) is 6.92 Å². The average Bonchev–Trinajstić information content (AvgIpc) is 2.83. The van der Waals surface area contributed by atoms with Gasteiger partial charge in [-0.25, -0.2) is 4.79 Å². The monoisotopic (exact) mass is 292 g/mol. The number of hydrogen-bond acceptors (Lipinski definition) is 7. The highest BCUT2D eigenvalue weighted by Crippen LogP contribution is 2.22. The van der Waals surface area contributed by atoms with Gasteiger partial charge in [-0.15, -0.1) is 0 Å². The van der Waals surface area contributed by atoms with Gasteiger partial charge >= 0.3 is 5.97 Å². The average molecular weight is 292 g/mol. The third kappa shape index (κ3) is 3.39. The Morgan fingerprint density at radius 3 is 2.81 bits per heavy atom. The Kier molecular flexibility index (Phi) is 4.24. The Labute approximate surface area is 118 Å². The molecular formula is C12H12N4O5. The number of nitrogens with one attached hydrogen (secondary N) is 1. The molecule has 0 aliphatic rings. The summed E-state index contributed by atoms with van der Waals surface area (Å²) in [4.78, 5) is 25.3. The van der Waals surface area contributed by atoms with Gasteiger partial charge in [-0.3, -0.25) is 10.1 Å². The Balaban J connectivity index is 2.14. The molecule has 0 aliphatic carbocycles. The van der Waals surface area contributed by atoms with Crippen molar-refractivity contribution in [3.8, 4) is 0 Å². The van der Waals surface area contributed by atoms with Crippen LogP contribution in [-0.2, 0) is 13.1 Å². The largest absolute Gasteiger partial charge is 0.477 e. The van der Waals surface area contributed by atoms with Crippen LogP contribution in [0.1, 0.15) is 27.6 Å². The van der Waals surface area contributed by atoms with E-state index in [0.717, 1.165) is 6.07 Å². The number of carboxylic acid groups (broad SMARTS) is 1. The Hall–Kier alpha value is -2.81. The van der Waals surface area contributed by atoms with Gasteiger partial charge in [0.05, 0.1) is 11.5 Å². The van der Waals surface area contributed by atoms with Crippen LogP contribution < -0.4 is 5.32 Å². The van der Waals surface area contributed by atoms with Crippen LogP contribution in [0, 0.1) is 17.0 Å². The quantitative estimate of drug-likeness (QED) is 0.601. The smallest absolute Gasteiger partial charge is 0.343 e. The number of benzene rings is 1. The van der Waals surface area contributed by atoms with E-state index in [2.05, 4.69) is 15.5 Å². The van der Waals surface area contributed by atoms with Gasteiger partial charge in [0, 0.05) is 19.5 Å². The second kappa shape index (κ2) is 6.09. The first-order valence-corrected chi connectivity index (χ1v) is 5.98. The normalized spacial score (nSPS) is 10.5. The lowest BCUT2D eigenvalue weighted by Crippen LogP contribution is -2.17. The molecule has 0 spiro atoms. The summed E-state index contributed by atoms with van der Waals surface area (Å²) >= 11 is 0. The first kappa shape index (κ1) is 14.6. The molecule has 0 saturated heterocycles. The third-order valence-corrected chi connectivity index (χ3v) is 2.71. The lowest BCUT2D eigenvalue weighted by Gasteiger charge is -2.07. The number of carbonyl (C=O) groups is 1. The van der Waals surface area contributed by atoms with Crippen molar-refractivity contribution in [1.82, 2.24) is 15.5 Å². The summed E-state index contributed by atoms with van der Waals surface area (Å²) in [5.74, 6) is -0.488. The highest BCUT2D eigenvalue weighted by atomic mass is 16.6. The fraction of sp³-hybridized carbons (Fsp3) is 0.250. The van der Waals surface area contributed by atoms with Crippen molar-refractivity contribution >= 4 is 11.7 Å². The molecular weight excluding hydrogens is 280 g/mol. The first-order chi connectivity index (χ1) is 9.99. The van der Waals surface area contributed by atoms with Gasteiger partial charge in [-0.05, 0) is 5.56 Å². The van der Waals surface area contributed by atoms with Gasteiger partial charge in [-0.2, -0.15) is 4.98 Å². The summed E-state index contributed by atoms with van der Waals surface area (Å²) < 4.78 is 4.80. The van der Waals surface area contributed by atoms with Crippen molar-refractivity contribution in [2.75, 3.05) is 0 Å². The lowest BCUT2D eigenvalue weighted by molar-refractivity contribution is -0.385. The van der Waals surface area contributed by atoms with Crippen molar-refractivity contribution in [3.63, 3.8) is 0 Å². The van der Waals surface area contributed by atoms with Gasteiger partial charge in [0.2, 0.25) is 5.89 Å². The summed E-state index contributed by atoms with van der Waals surface area (Å²) in [5, 5.41) is 26.6. The van der Waals surface area contributed by atoms with E-state index in [9.17, 15) is 14.9 Å². The van der Waals surface area contributed by atoms with Crippen molar-refractivity contribution in [3.05, 3.63) is 51.2 Å². The molecule has 1 heterocycles. The van der Waals surface area contributed by atoms with Crippen LogP contribution in [0.5, 0.6) is 0 Å². The van der Waals surface area contributed by atoms with E-state index < -0.39 is 16.6 Å². The molecule has 0 bridgehead atoms. The van der Waals surface area contributed by atoms with Crippen LogP contribution in [0.2, 0.25) is 0 Å². The number of nitrogens with zero attached hydrogens (tertiary/aromatic N) is 3. The molecule has 9 heteroatoms. The van der Waals surface area contributed by atoms with E-state index in [1.807, 2.05) is 0 Å². The number of hydrogen-bond donors (Lipinski definition) is 2. The zero-order valence-electron chi connectivity index (χ0n) is 11.1. The first-order valence-electron chi connectivity index (χ1n) is 5.98. The van der Waals surface area contributed by atoms with Gasteiger partial charge in [0.25, 0.3) is 5.69 Å². The maximum Gasteiger partial charge on any atom is 0.343 e. The van der Waals surface area contributed by atoms with Crippen LogP contribution in [-0.4, -0.2) is 26.1 Å². The predicted molar refractivity (Wildman–Crippen MR) is 69.6 cm³/mol. The van der Waals surface area contributed by atoms with Gasteiger partial charge < -0.3 is 14.9 Å². The molecule has 1 aromatic carbocycles. The van der Waals surface area contributed by atoms with Gasteiger partial charge in [-0.1, -0.05) is 17.3 Å². The predicted octanol–water partition coefficient (Wildman–Crippen LogP) is 1.27. The molecule has 0 fully saturated rings. The highest BCUT2D eigenvalue weighted by molar-refractivity contribution is 5.94. The van der Waals surface area contributed by atoms with Crippen molar-refractivity contribution < 1.29 is 19.3 Å². The zero-order chi connectivity index (χ0) is 15.4. The molecule has 9 nitrogen and oxygen atoms in total. The molecule has 110 valence electrons. The second-order valence-corrected chi connectivity index (χ2v) is 4.21. The maximum absolute atomic E-state index is 11.2. The summed E-state index contributed by atoms with van der Waals surface area (Å²) in [5.41, 5.74) is -0.437. The standard InChI is InChI=1S/C12H12N4O5/c1-7-14-10(15-21-7)6-13-5-8-3-2-4-9(16(19)20)11(8)12(17)18/h2-4,13H,5-6H2,1H3,(H,17,18). The zero-order valence-corrected chi connectivity index (χ0v) is 11.1. The van der Waals surface area contributed by atoms with Crippen LogP contribution >= 0.6 is 0 Å². The minimum atomic E-state index is -1.34. The Morgan fingerprint density at radius 1 is 1.48 bits per heavy atom. The summed E-state index contributed by atoms with van der Waals surface area (Å²) in [6.45, 7) is 2.05. The molecule has 2 N–H and O–H groups in total. The van der Waals surface area contributed by atoms with E-state index in [0.29, 0.717) is 17.3 Å². The maximum atomic E-state index is 11.2. The Bertz CT molecular complexity index is 682.